The third-order valence-corrected chi connectivity index (χ3v) is 5.34. The normalized spacial score (nSPS) is 12.7. The van der Waals surface area contributed by atoms with Crippen LogP contribution in [0.1, 0.15) is 33.6 Å². The Kier molecular flexibility index (Phi) is 6.08. The molecule has 1 aromatic heterocycles. The second kappa shape index (κ2) is 8.68. The maximum atomic E-state index is 12.1. The summed E-state index contributed by atoms with van der Waals surface area (Å²) in [5, 5.41) is 3.07. The van der Waals surface area contributed by atoms with Gasteiger partial charge in [-0.05, 0) is 43.4 Å². The van der Waals surface area contributed by atoms with Crippen LogP contribution in [0.3, 0.4) is 0 Å². The van der Waals surface area contributed by atoms with Crippen LogP contribution in [-0.2, 0) is 27.2 Å². The fourth-order valence-electron chi connectivity index (χ4n) is 2.92. The Morgan fingerprint density at radius 1 is 1.07 bits per heavy atom. The van der Waals surface area contributed by atoms with Gasteiger partial charge in [-0.3, -0.25) is 9.59 Å². The van der Waals surface area contributed by atoms with Gasteiger partial charge in [-0.15, -0.1) is 11.3 Å². The van der Waals surface area contributed by atoms with Crippen LogP contribution >= 0.6 is 11.3 Å². The fourth-order valence-corrected chi connectivity index (χ4v) is 4.23. The summed E-state index contributed by atoms with van der Waals surface area (Å²) in [6.07, 6.45) is 3.71. The quantitative estimate of drug-likeness (QED) is 0.708. The van der Waals surface area contributed by atoms with Crippen molar-refractivity contribution in [1.82, 2.24) is 0 Å². The second-order valence-electron chi connectivity index (χ2n) is 6.09. The van der Waals surface area contributed by atoms with Crippen LogP contribution in [-0.4, -0.2) is 31.0 Å². The molecule has 0 unspecified atom stereocenters. The average Bonchev–Trinajstić information content (AvgIpc) is 3.03. The van der Waals surface area contributed by atoms with E-state index in [1.54, 1.807) is 24.3 Å². The zero-order chi connectivity index (χ0) is 19.2. The van der Waals surface area contributed by atoms with Crippen LogP contribution < -0.4 is 15.8 Å². The molecule has 0 atom stereocenters. The fraction of sp³-hybridized carbons (Fsp3) is 0.316. The van der Waals surface area contributed by atoms with Crippen molar-refractivity contribution in [1.29, 1.82) is 0 Å². The van der Waals surface area contributed by atoms with E-state index in [9.17, 15) is 14.4 Å². The maximum Gasteiger partial charge on any atom is 0.344 e. The highest BCUT2D eigenvalue weighted by Crippen LogP contribution is 2.37. The van der Waals surface area contributed by atoms with Gasteiger partial charge in [-0.1, -0.05) is 18.2 Å². The Bertz CT molecular complexity index is 847. The number of anilines is 1. The lowest BCUT2D eigenvalue weighted by Crippen LogP contribution is -2.24. The van der Waals surface area contributed by atoms with Gasteiger partial charge < -0.3 is 20.5 Å². The first-order chi connectivity index (χ1) is 13.0. The summed E-state index contributed by atoms with van der Waals surface area (Å²) in [6, 6.07) is 8.82. The molecule has 1 aliphatic rings. The number of nitrogens with two attached hydrogens (primary N) is 1. The summed E-state index contributed by atoms with van der Waals surface area (Å²) >= 11 is 1.36. The van der Waals surface area contributed by atoms with Crippen molar-refractivity contribution in [3.05, 3.63) is 46.3 Å². The highest BCUT2D eigenvalue weighted by atomic mass is 32.1. The number of amides is 2. The Balaban J connectivity index is 1.53. The van der Waals surface area contributed by atoms with Gasteiger partial charge >= 0.3 is 5.97 Å². The predicted molar refractivity (Wildman–Crippen MR) is 101 cm³/mol. The van der Waals surface area contributed by atoms with Crippen molar-refractivity contribution in [3.8, 4) is 5.75 Å². The summed E-state index contributed by atoms with van der Waals surface area (Å²) in [5.74, 6) is -1.20. The van der Waals surface area contributed by atoms with Crippen molar-refractivity contribution >= 4 is 34.1 Å². The molecule has 1 aliphatic carbocycles. The number of ether oxygens (including phenoxy) is 2. The Morgan fingerprint density at radius 2 is 1.81 bits per heavy atom. The van der Waals surface area contributed by atoms with Crippen molar-refractivity contribution in [2.75, 3.05) is 18.5 Å². The van der Waals surface area contributed by atoms with Crippen molar-refractivity contribution < 1.29 is 23.9 Å². The van der Waals surface area contributed by atoms with E-state index in [4.69, 9.17) is 15.2 Å². The minimum Gasteiger partial charge on any atom is -0.482 e. The van der Waals surface area contributed by atoms with E-state index in [1.165, 1.54) is 11.3 Å². The molecule has 0 fully saturated rings. The first-order valence-corrected chi connectivity index (χ1v) is 9.44. The van der Waals surface area contributed by atoms with Gasteiger partial charge in [-0.2, -0.15) is 0 Å². The zero-order valence-electron chi connectivity index (χ0n) is 14.7. The van der Waals surface area contributed by atoms with E-state index in [0.29, 0.717) is 16.3 Å². The van der Waals surface area contributed by atoms with Gasteiger partial charge in [0.25, 0.3) is 11.8 Å². The number of primary amides is 1. The molecule has 3 rings (SSSR count). The molecule has 1 heterocycles. The van der Waals surface area contributed by atoms with E-state index in [0.717, 1.165) is 36.1 Å². The number of fused-ring (bicyclic) bond motifs is 1. The molecule has 8 heteroatoms. The monoisotopic (exact) mass is 388 g/mol. The molecule has 3 N–H and O–H groups in total. The largest absolute Gasteiger partial charge is 0.482 e. The van der Waals surface area contributed by atoms with Crippen LogP contribution in [0.5, 0.6) is 5.75 Å². The van der Waals surface area contributed by atoms with Crippen molar-refractivity contribution in [2.24, 2.45) is 5.73 Å². The molecule has 0 bridgehead atoms. The molecule has 7 nitrogen and oxygen atoms in total. The molecule has 2 aromatic rings. The number of esters is 1. The van der Waals surface area contributed by atoms with Gasteiger partial charge in [-0.25, -0.2) is 4.79 Å². The van der Waals surface area contributed by atoms with E-state index in [2.05, 4.69) is 5.32 Å². The zero-order valence-corrected chi connectivity index (χ0v) is 15.5. The summed E-state index contributed by atoms with van der Waals surface area (Å²) in [6.45, 7) is -0.755. The number of hydrogen-bond donors (Lipinski definition) is 2. The second-order valence-corrected chi connectivity index (χ2v) is 7.20. The highest BCUT2D eigenvalue weighted by molar-refractivity contribution is 7.17. The molecule has 0 aliphatic heterocycles. The molecular formula is C19H20N2O5S. The van der Waals surface area contributed by atoms with E-state index in [-0.39, 0.29) is 6.61 Å². The van der Waals surface area contributed by atoms with Gasteiger partial charge in [0.15, 0.2) is 13.2 Å². The molecule has 2 amide bonds. The number of nitrogens with one attached hydrogen (secondary N) is 1. The van der Waals surface area contributed by atoms with Crippen LogP contribution in [0.4, 0.5) is 5.00 Å². The predicted octanol–water partition coefficient (Wildman–Crippen LogP) is 2.29. The lowest BCUT2D eigenvalue weighted by atomic mass is 9.95. The first-order valence-electron chi connectivity index (χ1n) is 8.62. The van der Waals surface area contributed by atoms with Gasteiger partial charge in [0, 0.05) is 4.88 Å². The number of para-hydroxylation sites is 1. The smallest absolute Gasteiger partial charge is 0.344 e. The minimum absolute atomic E-state index is 0.295. The van der Waals surface area contributed by atoms with E-state index < -0.39 is 24.4 Å². The van der Waals surface area contributed by atoms with Crippen LogP contribution in [0, 0.1) is 0 Å². The molecular weight excluding hydrogens is 368 g/mol. The topological polar surface area (TPSA) is 108 Å². The van der Waals surface area contributed by atoms with Crippen molar-refractivity contribution in [2.45, 2.75) is 25.7 Å². The van der Waals surface area contributed by atoms with E-state index in [1.807, 2.05) is 6.07 Å². The lowest BCUT2D eigenvalue weighted by molar-refractivity contribution is -0.149. The van der Waals surface area contributed by atoms with Crippen molar-refractivity contribution in [3.63, 3.8) is 0 Å². The number of hydrogen-bond acceptors (Lipinski definition) is 6. The van der Waals surface area contributed by atoms with Gasteiger partial charge in [0.1, 0.15) is 10.8 Å². The molecule has 0 radical (unpaired) electrons. The number of carbonyl (C=O) groups is 3. The number of thiophene rings is 1. The van der Waals surface area contributed by atoms with Gasteiger partial charge in [0.05, 0.1) is 5.56 Å². The molecule has 0 spiro atoms. The Labute approximate surface area is 160 Å². The number of aryl methyl sites for hydroxylation is 1. The summed E-state index contributed by atoms with van der Waals surface area (Å²) < 4.78 is 10.2. The molecule has 142 valence electrons. The third-order valence-electron chi connectivity index (χ3n) is 4.13. The highest BCUT2D eigenvalue weighted by Gasteiger charge is 2.25. The molecule has 27 heavy (non-hydrogen) atoms. The van der Waals surface area contributed by atoms with Crippen LogP contribution in [0.25, 0.3) is 0 Å². The molecule has 0 saturated heterocycles. The minimum atomic E-state index is -0.658. The Hall–Kier alpha value is -2.87. The summed E-state index contributed by atoms with van der Waals surface area (Å²) in [7, 11) is 0. The van der Waals surface area contributed by atoms with Crippen LogP contribution in [0.15, 0.2) is 30.3 Å². The Morgan fingerprint density at radius 3 is 2.56 bits per heavy atom. The number of benzene rings is 1. The maximum absolute atomic E-state index is 12.1. The standard InChI is InChI=1S/C19H20N2O5S/c20-18(24)17-13-8-4-5-9-14(13)27-19(17)21-15(22)10-26-16(23)11-25-12-6-2-1-3-7-12/h1-3,6-7H,4-5,8-11H2,(H2,20,24)(H,21,22). The SMILES string of the molecule is NC(=O)c1c(NC(=O)COC(=O)COc2ccccc2)sc2c1CCCC2. The van der Waals surface area contributed by atoms with Crippen LogP contribution in [0.2, 0.25) is 0 Å². The summed E-state index contributed by atoms with van der Waals surface area (Å²) in [5.41, 5.74) is 6.80. The average molecular weight is 388 g/mol. The molecule has 1 aromatic carbocycles. The number of rotatable bonds is 7. The van der Waals surface area contributed by atoms with Gasteiger partial charge in [0.2, 0.25) is 0 Å². The third kappa shape index (κ3) is 4.85. The first kappa shape index (κ1) is 18.9. The summed E-state index contributed by atoms with van der Waals surface area (Å²) in [4.78, 5) is 36.7. The lowest BCUT2D eigenvalue weighted by Gasteiger charge is -2.11. The molecule has 0 saturated carbocycles. The number of carbonyl (C=O) groups excluding carboxylic acids is 3. The van der Waals surface area contributed by atoms with E-state index >= 15 is 0 Å².